The highest BCUT2D eigenvalue weighted by atomic mass is 16.6. The van der Waals surface area contributed by atoms with E-state index in [0.29, 0.717) is 0 Å². The topological polar surface area (TPSA) is 43.5 Å². The van der Waals surface area contributed by atoms with Crippen molar-refractivity contribution < 1.29 is 18.9 Å². The summed E-state index contributed by atoms with van der Waals surface area (Å²) < 4.78 is 21.8. The largest absolute Gasteiger partial charge is 0.376 e. The van der Waals surface area contributed by atoms with Crippen molar-refractivity contribution in [3.05, 3.63) is 12.2 Å². The molecule has 6 atom stereocenters. The predicted octanol–water partition coefficient (Wildman–Crippen LogP) is 0.121. The highest BCUT2D eigenvalue weighted by Gasteiger charge is 2.56. The predicted molar refractivity (Wildman–Crippen MR) is 48.1 cm³/mol. The van der Waals surface area contributed by atoms with Crippen molar-refractivity contribution >= 4 is 0 Å². The van der Waals surface area contributed by atoms with Crippen LogP contribution in [0.15, 0.2) is 12.2 Å². The number of hydrogen-bond acceptors (Lipinski definition) is 4. The van der Waals surface area contributed by atoms with E-state index >= 15 is 0 Å². The minimum atomic E-state index is -0.00931. The molecule has 3 aliphatic rings. The van der Waals surface area contributed by atoms with Crippen LogP contribution in [0.25, 0.3) is 0 Å². The second kappa shape index (κ2) is 3.03. The van der Waals surface area contributed by atoms with E-state index in [1.54, 1.807) is 14.2 Å². The Kier molecular flexibility index (Phi) is 1.92. The molecule has 2 aliphatic heterocycles. The molecule has 0 spiro atoms. The molecular formula is C10H14O4. The Bertz CT molecular complexity index is 239. The molecule has 14 heavy (non-hydrogen) atoms. The molecule has 4 heteroatoms. The number of fused-ring (bicyclic) bond motifs is 2. The smallest absolute Gasteiger partial charge is 0.117 e. The molecule has 0 bridgehead atoms. The van der Waals surface area contributed by atoms with Crippen LogP contribution in [-0.2, 0) is 18.9 Å². The SMILES string of the molecule is CO[C@@H]1[C@H](OC)[C@H]2O[C@H]2C=C[C@H]2O[C@@H]12. The van der Waals surface area contributed by atoms with Gasteiger partial charge in [-0.3, -0.25) is 0 Å². The molecule has 1 aliphatic carbocycles. The van der Waals surface area contributed by atoms with Gasteiger partial charge in [0.15, 0.2) is 0 Å². The molecule has 0 aromatic heterocycles. The fourth-order valence-corrected chi connectivity index (χ4v) is 2.24. The minimum Gasteiger partial charge on any atom is -0.376 e. The van der Waals surface area contributed by atoms with Crippen molar-refractivity contribution in [3.8, 4) is 0 Å². The molecule has 0 saturated carbocycles. The lowest BCUT2D eigenvalue weighted by atomic mass is 10.00. The van der Waals surface area contributed by atoms with Crippen LogP contribution in [0, 0.1) is 0 Å². The quantitative estimate of drug-likeness (QED) is 0.467. The van der Waals surface area contributed by atoms with Crippen LogP contribution in [0.4, 0.5) is 0 Å². The van der Waals surface area contributed by atoms with E-state index in [4.69, 9.17) is 18.9 Å². The van der Waals surface area contributed by atoms with Gasteiger partial charge < -0.3 is 18.9 Å². The standard InChI is InChI=1S/C10H14O4/c1-11-9-7-5(13-7)3-4-6-8(14-6)10(9)12-2/h3-10H,1-2H3/t5-,6+,7-,8+,9+,10-. The summed E-state index contributed by atoms with van der Waals surface area (Å²) in [5.74, 6) is 0. The summed E-state index contributed by atoms with van der Waals surface area (Å²) in [5.41, 5.74) is 0. The van der Waals surface area contributed by atoms with E-state index in [9.17, 15) is 0 Å². The van der Waals surface area contributed by atoms with Crippen molar-refractivity contribution in [2.24, 2.45) is 0 Å². The van der Waals surface area contributed by atoms with Crippen LogP contribution >= 0.6 is 0 Å². The average molecular weight is 198 g/mol. The number of epoxide rings is 2. The fourth-order valence-electron chi connectivity index (χ4n) is 2.24. The molecule has 0 aromatic rings. The van der Waals surface area contributed by atoms with Crippen LogP contribution in [-0.4, -0.2) is 50.8 Å². The first-order chi connectivity index (χ1) is 6.85. The molecule has 0 radical (unpaired) electrons. The van der Waals surface area contributed by atoms with Gasteiger partial charge in [0.05, 0.1) is 0 Å². The van der Waals surface area contributed by atoms with E-state index in [0.717, 1.165) is 0 Å². The second-order valence-corrected chi connectivity index (χ2v) is 3.92. The van der Waals surface area contributed by atoms with Crippen molar-refractivity contribution in [2.45, 2.75) is 36.6 Å². The summed E-state index contributed by atoms with van der Waals surface area (Å²) >= 11 is 0. The van der Waals surface area contributed by atoms with Gasteiger partial charge in [-0.25, -0.2) is 0 Å². The van der Waals surface area contributed by atoms with Crippen LogP contribution in [0.1, 0.15) is 0 Å². The maximum Gasteiger partial charge on any atom is 0.117 e. The Morgan fingerprint density at radius 3 is 1.64 bits per heavy atom. The monoisotopic (exact) mass is 198 g/mol. The zero-order valence-electron chi connectivity index (χ0n) is 8.25. The van der Waals surface area contributed by atoms with E-state index in [1.807, 2.05) is 0 Å². The summed E-state index contributed by atoms with van der Waals surface area (Å²) in [7, 11) is 3.39. The van der Waals surface area contributed by atoms with Gasteiger partial charge in [-0.2, -0.15) is 0 Å². The Labute approximate surface area is 82.8 Å². The molecule has 0 unspecified atom stereocenters. The molecule has 2 heterocycles. The highest BCUT2D eigenvalue weighted by molar-refractivity contribution is 5.18. The number of rotatable bonds is 2. The third-order valence-electron chi connectivity index (χ3n) is 3.13. The van der Waals surface area contributed by atoms with Crippen LogP contribution in [0.2, 0.25) is 0 Å². The van der Waals surface area contributed by atoms with Gasteiger partial charge in [-0.15, -0.1) is 0 Å². The van der Waals surface area contributed by atoms with Gasteiger partial charge in [-0.1, -0.05) is 12.2 Å². The first-order valence-electron chi connectivity index (χ1n) is 4.90. The average Bonchev–Trinajstić information content (AvgIpc) is 3.03. The van der Waals surface area contributed by atoms with Gasteiger partial charge >= 0.3 is 0 Å². The van der Waals surface area contributed by atoms with E-state index < -0.39 is 0 Å². The van der Waals surface area contributed by atoms with Gasteiger partial charge in [0.1, 0.15) is 36.6 Å². The summed E-state index contributed by atoms with van der Waals surface area (Å²) in [6.45, 7) is 0. The Balaban J connectivity index is 1.83. The van der Waals surface area contributed by atoms with Crippen LogP contribution in [0.3, 0.4) is 0 Å². The summed E-state index contributed by atoms with van der Waals surface area (Å²) in [6.07, 6.45) is 4.79. The Morgan fingerprint density at radius 2 is 1.29 bits per heavy atom. The van der Waals surface area contributed by atoms with Gasteiger partial charge in [0.25, 0.3) is 0 Å². The molecular weight excluding hydrogens is 184 g/mol. The number of ether oxygens (including phenoxy) is 4. The van der Waals surface area contributed by atoms with Crippen molar-refractivity contribution in [2.75, 3.05) is 14.2 Å². The van der Waals surface area contributed by atoms with Crippen molar-refractivity contribution in [3.63, 3.8) is 0 Å². The zero-order chi connectivity index (χ0) is 9.71. The molecule has 0 N–H and O–H groups in total. The molecule has 0 aromatic carbocycles. The fraction of sp³-hybridized carbons (Fsp3) is 0.800. The highest BCUT2D eigenvalue weighted by Crippen LogP contribution is 2.40. The molecule has 3 rings (SSSR count). The Morgan fingerprint density at radius 1 is 0.857 bits per heavy atom. The lowest BCUT2D eigenvalue weighted by molar-refractivity contribution is -0.0591. The van der Waals surface area contributed by atoms with Gasteiger partial charge in [-0.05, 0) is 0 Å². The zero-order valence-corrected chi connectivity index (χ0v) is 8.25. The van der Waals surface area contributed by atoms with Crippen molar-refractivity contribution in [1.29, 1.82) is 0 Å². The van der Waals surface area contributed by atoms with Gasteiger partial charge in [0, 0.05) is 14.2 Å². The summed E-state index contributed by atoms with van der Waals surface area (Å²) in [6, 6.07) is 0. The first-order valence-corrected chi connectivity index (χ1v) is 4.90. The van der Waals surface area contributed by atoms with Gasteiger partial charge in [0.2, 0.25) is 0 Å². The van der Waals surface area contributed by atoms with E-state index in [2.05, 4.69) is 12.2 Å². The third kappa shape index (κ3) is 1.22. The van der Waals surface area contributed by atoms with E-state index in [-0.39, 0.29) is 36.6 Å². The molecule has 0 amide bonds. The maximum absolute atomic E-state index is 5.49. The summed E-state index contributed by atoms with van der Waals surface area (Å²) in [5, 5.41) is 0. The Hall–Kier alpha value is -0.420. The number of hydrogen-bond donors (Lipinski definition) is 0. The molecule has 78 valence electrons. The lowest BCUT2D eigenvalue weighted by Gasteiger charge is -2.22. The first kappa shape index (κ1) is 8.85. The lowest BCUT2D eigenvalue weighted by Crippen LogP contribution is -2.40. The number of methoxy groups -OCH3 is 2. The minimum absolute atomic E-state index is 0.00931. The van der Waals surface area contributed by atoms with Crippen molar-refractivity contribution in [1.82, 2.24) is 0 Å². The normalized spacial score (nSPS) is 54.1. The van der Waals surface area contributed by atoms with E-state index in [1.165, 1.54) is 0 Å². The van der Waals surface area contributed by atoms with Crippen LogP contribution in [0.5, 0.6) is 0 Å². The third-order valence-corrected chi connectivity index (χ3v) is 3.13. The summed E-state index contributed by atoms with van der Waals surface area (Å²) in [4.78, 5) is 0. The molecule has 2 saturated heterocycles. The molecule has 2 fully saturated rings. The molecule has 4 nitrogen and oxygen atoms in total. The maximum atomic E-state index is 5.49. The van der Waals surface area contributed by atoms with Crippen LogP contribution < -0.4 is 0 Å². The second-order valence-electron chi connectivity index (χ2n) is 3.92.